The first-order valence-corrected chi connectivity index (χ1v) is 11.3. The van der Waals surface area contributed by atoms with Crippen LogP contribution in [0.25, 0.3) is 0 Å². The maximum Gasteiger partial charge on any atom is 0.191 e. The van der Waals surface area contributed by atoms with Crippen molar-refractivity contribution in [2.24, 2.45) is 12.0 Å². The molecule has 1 aliphatic rings. The Balaban J connectivity index is 0.00000363. The predicted molar refractivity (Wildman–Crippen MR) is 140 cm³/mol. The van der Waals surface area contributed by atoms with Gasteiger partial charge in [0.25, 0.3) is 0 Å². The molecule has 32 heavy (non-hydrogen) atoms. The molecule has 2 aromatic rings. The van der Waals surface area contributed by atoms with E-state index >= 15 is 0 Å². The Morgan fingerprint density at radius 1 is 1.25 bits per heavy atom. The van der Waals surface area contributed by atoms with Crippen molar-refractivity contribution in [1.29, 1.82) is 0 Å². The lowest BCUT2D eigenvalue weighted by atomic mass is 10.1. The Labute approximate surface area is 209 Å². The largest absolute Gasteiger partial charge is 0.496 e. The molecular weight excluding hydrogens is 517 g/mol. The van der Waals surface area contributed by atoms with Crippen LogP contribution < -0.4 is 15.4 Å². The van der Waals surface area contributed by atoms with Crippen LogP contribution >= 0.6 is 24.0 Å². The zero-order valence-electron chi connectivity index (χ0n) is 20.0. The summed E-state index contributed by atoms with van der Waals surface area (Å²) in [6.07, 6.45) is 3.40. The zero-order chi connectivity index (χ0) is 22.2. The van der Waals surface area contributed by atoms with Crippen molar-refractivity contribution in [2.75, 3.05) is 33.3 Å². The van der Waals surface area contributed by atoms with Crippen LogP contribution in [0.4, 0.5) is 0 Å². The predicted octanol–water partition coefficient (Wildman–Crippen LogP) is 2.82. The highest BCUT2D eigenvalue weighted by molar-refractivity contribution is 14.0. The second-order valence-corrected chi connectivity index (χ2v) is 8.17. The Bertz CT molecular complexity index is 883. The van der Waals surface area contributed by atoms with Crippen molar-refractivity contribution in [1.82, 2.24) is 30.3 Å². The minimum atomic E-state index is 0. The molecule has 1 saturated heterocycles. The lowest BCUT2D eigenvalue weighted by molar-refractivity contribution is 0.267. The molecule has 9 heteroatoms. The first-order chi connectivity index (χ1) is 15.0. The molecule has 1 aliphatic heterocycles. The third kappa shape index (κ3) is 7.06. The van der Waals surface area contributed by atoms with E-state index in [2.05, 4.69) is 57.8 Å². The number of likely N-dealkylation sites (N-methyl/N-ethyl adjacent to an activating group) is 1. The average Bonchev–Trinajstić information content (AvgIpc) is 3.37. The van der Waals surface area contributed by atoms with Gasteiger partial charge < -0.3 is 19.9 Å². The van der Waals surface area contributed by atoms with E-state index in [9.17, 15) is 0 Å². The van der Waals surface area contributed by atoms with Crippen LogP contribution in [-0.2, 0) is 20.0 Å². The summed E-state index contributed by atoms with van der Waals surface area (Å²) in [6.45, 7) is 10.7. The molecule has 1 aromatic carbocycles. The molecule has 1 atom stereocenters. The Morgan fingerprint density at radius 3 is 2.75 bits per heavy atom. The lowest BCUT2D eigenvalue weighted by Crippen LogP contribution is -2.45. The number of guanidine groups is 1. The van der Waals surface area contributed by atoms with Gasteiger partial charge in [-0.05, 0) is 63.4 Å². The van der Waals surface area contributed by atoms with Crippen molar-refractivity contribution < 1.29 is 4.74 Å². The molecule has 0 radical (unpaired) electrons. The minimum Gasteiger partial charge on any atom is -0.496 e. The number of ether oxygens (including phenoxy) is 1. The van der Waals surface area contributed by atoms with Gasteiger partial charge in [0, 0.05) is 26.2 Å². The van der Waals surface area contributed by atoms with E-state index in [0.29, 0.717) is 12.6 Å². The molecule has 1 unspecified atom stereocenters. The van der Waals surface area contributed by atoms with E-state index in [4.69, 9.17) is 9.73 Å². The molecule has 0 spiro atoms. The van der Waals surface area contributed by atoms with E-state index < -0.39 is 0 Å². The SMILES string of the molecule is CCN1CCCC1CNC(=NCc1nnc(C)n1C)NCCc1ccc(C)c(OC)c1.I. The number of hydrogen-bond donors (Lipinski definition) is 2. The topological polar surface area (TPSA) is 79.6 Å². The third-order valence-electron chi connectivity index (χ3n) is 6.15. The van der Waals surface area contributed by atoms with Crippen LogP contribution in [0.5, 0.6) is 5.75 Å². The summed E-state index contributed by atoms with van der Waals surface area (Å²) in [7, 11) is 3.69. The Kier molecular flexibility index (Phi) is 10.7. The van der Waals surface area contributed by atoms with Gasteiger partial charge >= 0.3 is 0 Å². The molecule has 0 bridgehead atoms. The number of hydrogen-bond acceptors (Lipinski definition) is 5. The summed E-state index contributed by atoms with van der Waals surface area (Å²) in [5.41, 5.74) is 2.39. The van der Waals surface area contributed by atoms with Gasteiger partial charge in [0.05, 0.1) is 7.11 Å². The fraction of sp³-hybridized carbons (Fsp3) is 0.609. The average molecular weight is 556 g/mol. The fourth-order valence-corrected chi connectivity index (χ4v) is 4.02. The number of halogens is 1. The molecule has 2 heterocycles. The summed E-state index contributed by atoms with van der Waals surface area (Å²) >= 11 is 0. The molecule has 8 nitrogen and oxygen atoms in total. The number of aryl methyl sites for hydroxylation is 2. The van der Waals surface area contributed by atoms with Gasteiger partial charge in [-0.3, -0.25) is 4.90 Å². The Morgan fingerprint density at radius 2 is 2.06 bits per heavy atom. The van der Waals surface area contributed by atoms with Crippen LogP contribution in [0.1, 0.15) is 42.5 Å². The number of nitrogens with one attached hydrogen (secondary N) is 2. The van der Waals surface area contributed by atoms with Gasteiger partial charge in [0.1, 0.15) is 18.1 Å². The van der Waals surface area contributed by atoms with Crippen molar-refractivity contribution in [2.45, 2.75) is 52.6 Å². The number of rotatable bonds is 9. The second kappa shape index (κ2) is 13.0. The van der Waals surface area contributed by atoms with Gasteiger partial charge in [-0.25, -0.2) is 4.99 Å². The third-order valence-corrected chi connectivity index (χ3v) is 6.15. The summed E-state index contributed by atoms with van der Waals surface area (Å²) in [4.78, 5) is 7.32. The molecular formula is C23H38IN7O. The molecule has 0 saturated carbocycles. The van der Waals surface area contributed by atoms with Crippen LogP contribution in [0, 0.1) is 13.8 Å². The molecule has 178 valence electrons. The highest BCUT2D eigenvalue weighted by Gasteiger charge is 2.22. The molecule has 1 fully saturated rings. The van der Waals surface area contributed by atoms with Gasteiger partial charge in [-0.1, -0.05) is 19.1 Å². The van der Waals surface area contributed by atoms with Gasteiger partial charge in [0.15, 0.2) is 11.8 Å². The van der Waals surface area contributed by atoms with E-state index in [1.807, 2.05) is 18.5 Å². The summed E-state index contributed by atoms with van der Waals surface area (Å²) in [5.74, 6) is 3.51. The van der Waals surface area contributed by atoms with E-state index in [1.54, 1.807) is 7.11 Å². The van der Waals surface area contributed by atoms with E-state index in [0.717, 1.165) is 55.0 Å². The lowest BCUT2D eigenvalue weighted by Gasteiger charge is -2.24. The number of aromatic nitrogens is 3. The fourth-order valence-electron chi connectivity index (χ4n) is 4.02. The zero-order valence-corrected chi connectivity index (χ0v) is 22.3. The smallest absolute Gasteiger partial charge is 0.191 e. The monoisotopic (exact) mass is 555 g/mol. The highest BCUT2D eigenvalue weighted by atomic mass is 127. The molecule has 2 N–H and O–H groups in total. The van der Waals surface area contributed by atoms with Crippen LogP contribution in [0.15, 0.2) is 23.2 Å². The minimum absolute atomic E-state index is 0. The maximum absolute atomic E-state index is 5.45. The number of methoxy groups -OCH3 is 1. The van der Waals surface area contributed by atoms with E-state index in [-0.39, 0.29) is 24.0 Å². The van der Waals surface area contributed by atoms with Crippen LogP contribution in [-0.4, -0.2) is 65.0 Å². The van der Waals surface area contributed by atoms with Crippen LogP contribution in [0.3, 0.4) is 0 Å². The van der Waals surface area contributed by atoms with Crippen molar-refractivity contribution >= 4 is 29.9 Å². The van der Waals surface area contributed by atoms with Gasteiger partial charge in [-0.2, -0.15) is 0 Å². The van der Waals surface area contributed by atoms with Crippen molar-refractivity contribution in [3.63, 3.8) is 0 Å². The normalized spacial score (nSPS) is 16.7. The molecule has 0 aliphatic carbocycles. The van der Waals surface area contributed by atoms with Crippen molar-refractivity contribution in [3.8, 4) is 5.75 Å². The maximum atomic E-state index is 5.45. The van der Waals surface area contributed by atoms with Gasteiger partial charge in [0.2, 0.25) is 0 Å². The molecule has 0 amide bonds. The summed E-state index contributed by atoms with van der Waals surface area (Å²) in [5, 5.41) is 15.4. The number of aliphatic imine (C=N–C) groups is 1. The second-order valence-electron chi connectivity index (χ2n) is 8.17. The first-order valence-electron chi connectivity index (χ1n) is 11.3. The highest BCUT2D eigenvalue weighted by Crippen LogP contribution is 2.19. The standard InChI is InChI=1S/C23H37N7O.HI/c1-6-30-13-7-8-20(30)15-25-23(26-16-22-28-27-18(3)29(22)4)24-12-11-19-10-9-17(2)21(14-19)31-5;/h9-10,14,20H,6-8,11-13,15-16H2,1-5H3,(H2,24,25,26);1H. The Hall–Kier alpha value is -1.88. The summed E-state index contributed by atoms with van der Waals surface area (Å²) in [6, 6.07) is 6.94. The number of benzene rings is 1. The molecule has 1 aromatic heterocycles. The molecule has 3 rings (SSSR count). The first kappa shape index (κ1) is 26.4. The number of nitrogens with zero attached hydrogens (tertiary/aromatic N) is 5. The van der Waals surface area contributed by atoms with Crippen molar-refractivity contribution in [3.05, 3.63) is 41.0 Å². The van der Waals surface area contributed by atoms with Crippen LogP contribution in [0.2, 0.25) is 0 Å². The van der Waals surface area contributed by atoms with Gasteiger partial charge in [-0.15, -0.1) is 34.2 Å². The quantitative estimate of drug-likeness (QED) is 0.282. The van der Waals surface area contributed by atoms with E-state index in [1.165, 1.54) is 24.9 Å². The summed E-state index contributed by atoms with van der Waals surface area (Å²) < 4.78 is 7.44. The number of likely N-dealkylation sites (tertiary alicyclic amines) is 1.